The zero-order chi connectivity index (χ0) is 22.1. The molecule has 0 bridgehead atoms. The van der Waals surface area contributed by atoms with E-state index in [1.54, 1.807) is 23.2 Å². The molecule has 1 fully saturated rings. The fourth-order valence-electron chi connectivity index (χ4n) is 4.60. The van der Waals surface area contributed by atoms with Crippen LogP contribution in [0.25, 0.3) is 0 Å². The second-order valence-electron chi connectivity index (χ2n) is 8.31. The van der Waals surface area contributed by atoms with Gasteiger partial charge in [0.05, 0.1) is 12.6 Å². The van der Waals surface area contributed by atoms with E-state index in [0.717, 1.165) is 29.7 Å². The summed E-state index contributed by atoms with van der Waals surface area (Å²) in [5, 5.41) is 0. The van der Waals surface area contributed by atoms with Crippen LogP contribution < -0.4 is 4.90 Å². The highest BCUT2D eigenvalue weighted by atomic mass is 16.2. The van der Waals surface area contributed by atoms with Crippen molar-refractivity contribution in [3.8, 4) is 0 Å². The summed E-state index contributed by atoms with van der Waals surface area (Å²) in [5.74, 6) is 1.25. The van der Waals surface area contributed by atoms with Gasteiger partial charge in [-0.2, -0.15) is 0 Å². The second-order valence-corrected chi connectivity index (χ2v) is 8.31. The molecule has 1 unspecified atom stereocenters. The summed E-state index contributed by atoms with van der Waals surface area (Å²) in [7, 11) is 0. The smallest absolute Gasteiger partial charge is 0.273 e. The van der Waals surface area contributed by atoms with E-state index in [4.69, 9.17) is 9.97 Å². The molecule has 3 aromatic rings. The molecule has 0 aliphatic carbocycles. The molecular weight excluding hydrogens is 402 g/mol. The first-order chi connectivity index (χ1) is 15.6. The van der Waals surface area contributed by atoms with Crippen molar-refractivity contribution in [1.82, 2.24) is 19.9 Å². The number of anilines is 1. The van der Waals surface area contributed by atoms with Gasteiger partial charge in [0.15, 0.2) is 5.82 Å². The molecule has 32 heavy (non-hydrogen) atoms. The SMILES string of the molecule is Cc1nc(C2CCCN2C(=O)c2ccccn2)nc2c1CCC(=O)N2Cc1ccccc1. The monoisotopic (exact) mass is 427 g/mol. The van der Waals surface area contributed by atoms with Gasteiger partial charge in [0.25, 0.3) is 5.91 Å². The van der Waals surface area contributed by atoms with Gasteiger partial charge >= 0.3 is 0 Å². The number of amides is 2. The van der Waals surface area contributed by atoms with E-state index in [1.165, 1.54) is 0 Å². The molecule has 2 amide bonds. The average Bonchev–Trinajstić information content (AvgIpc) is 3.31. The Balaban J connectivity index is 1.50. The van der Waals surface area contributed by atoms with E-state index >= 15 is 0 Å². The van der Waals surface area contributed by atoms with Crippen LogP contribution in [0.15, 0.2) is 54.7 Å². The summed E-state index contributed by atoms with van der Waals surface area (Å²) in [6, 6.07) is 15.1. The van der Waals surface area contributed by atoms with Gasteiger partial charge in [-0.3, -0.25) is 19.5 Å². The largest absolute Gasteiger partial charge is 0.327 e. The number of rotatable bonds is 4. The zero-order valence-electron chi connectivity index (χ0n) is 18.1. The minimum Gasteiger partial charge on any atom is -0.327 e. The first kappa shape index (κ1) is 20.3. The Kier molecular flexibility index (Phi) is 5.39. The molecule has 1 saturated heterocycles. The third kappa shape index (κ3) is 3.75. The van der Waals surface area contributed by atoms with Crippen LogP contribution in [0.1, 0.15) is 58.4 Å². The van der Waals surface area contributed by atoms with E-state index in [2.05, 4.69) is 4.98 Å². The quantitative estimate of drug-likeness (QED) is 0.635. The van der Waals surface area contributed by atoms with Crippen molar-refractivity contribution in [1.29, 1.82) is 0 Å². The Morgan fingerprint density at radius 2 is 1.88 bits per heavy atom. The number of carbonyl (C=O) groups excluding carboxylic acids is 2. The van der Waals surface area contributed by atoms with Crippen molar-refractivity contribution >= 4 is 17.6 Å². The first-order valence-corrected chi connectivity index (χ1v) is 11.1. The van der Waals surface area contributed by atoms with Crippen LogP contribution in [0.4, 0.5) is 5.82 Å². The van der Waals surface area contributed by atoms with Crippen LogP contribution in [0.2, 0.25) is 0 Å². The highest BCUT2D eigenvalue weighted by molar-refractivity contribution is 5.95. The minimum atomic E-state index is -0.218. The number of likely N-dealkylation sites (tertiary alicyclic amines) is 1. The molecular formula is C25H25N5O2. The topological polar surface area (TPSA) is 79.3 Å². The molecule has 5 rings (SSSR count). The van der Waals surface area contributed by atoms with Crippen LogP contribution in [0.3, 0.4) is 0 Å². The predicted molar refractivity (Wildman–Crippen MR) is 120 cm³/mol. The van der Waals surface area contributed by atoms with Gasteiger partial charge in [-0.25, -0.2) is 9.97 Å². The van der Waals surface area contributed by atoms with E-state index in [-0.39, 0.29) is 17.9 Å². The number of nitrogens with zero attached hydrogens (tertiary/aromatic N) is 5. The minimum absolute atomic E-state index is 0.0678. The summed E-state index contributed by atoms with van der Waals surface area (Å²) in [6.45, 7) is 3.09. The van der Waals surface area contributed by atoms with Gasteiger partial charge in [0, 0.05) is 30.4 Å². The van der Waals surface area contributed by atoms with E-state index < -0.39 is 0 Å². The zero-order valence-corrected chi connectivity index (χ0v) is 18.1. The Morgan fingerprint density at radius 1 is 1.06 bits per heavy atom. The van der Waals surface area contributed by atoms with Gasteiger partial charge < -0.3 is 4.90 Å². The number of aryl methyl sites for hydroxylation is 1. The van der Waals surface area contributed by atoms with Crippen LogP contribution >= 0.6 is 0 Å². The van der Waals surface area contributed by atoms with Crippen molar-refractivity contribution in [2.24, 2.45) is 0 Å². The molecule has 162 valence electrons. The van der Waals surface area contributed by atoms with Gasteiger partial charge in [-0.15, -0.1) is 0 Å². The van der Waals surface area contributed by atoms with Crippen molar-refractivity contribution in [2.45, 2.75) is 45.2 Å². The number of carbonyl (C=O) groups is 2. The fraction of sp³-hybridized carbons (Fsp3) is 0.320. The highest BCUT2D eigenvalue weighted by Gasteiger charge is 2.35. The lowest BCUT2D eigenvalue weighted by Gasteiger charge is -2.31. The van der Waals surface area contributed by atoms with Crippen LogP contribution in [0.5, 0.6) is 0 Å². The number of benzene rings is 1. The Bertz CT molecular complexity index is 1150. The molecule has 7 nitrogen and oxygen atoms in total. The first-order valence-electron chi connectivity index (χ1n) is 11.1. The number of pyridine rings is 1. The van der Waals surface area contributed by atoms with Crippen LogP contribution in [-0.4, -0.2) is 38.2 Å². The molecule has 7 heteroatoms. The normalized spacial score (nSPS) is 18.0. The molecule has 4 heterocycles. The predicted octanol–water partition coefficient (Wildman–Crippen LogP) is 3.64. The molecule has 0 N–H and O–H groups in total. The van der Waals surface area contributed by atoms with Gasteiger partial charge in [0.2, 0.25) is 5.91 Å². The summed E-state index contributed by atoms with van der Waals surface area (Å²) >= 11 is 0. The second kappa shape index (κ2) is 8.49. The maximum Gasteiger partial charge on any atom is 0.273 e. The molecule has 0 radical (unpaired) electrons. The molecule has 2 aromatic heterocycles. The van der Waals surface area contributed by atoms with Gasteiger partial charge in [0.1, 0.15) is 11.5 Å². The Labute approximate surface area is 187 Å². The van der Waals surface area contributed by atoms with Crippen LogP contribution in [-0.2, 0) is 17.8 Å². The van der Waals surface area contributed by atoms with Gasteiger partial charge in [-0.05, 0) is 43.9 Å². The fourth-order valence-corrected chi connectivity index (χ4v) is 4.60. The number of fused-ring (bicyclic) bond motifs is 1. The standard InChI is InChI=1S/C25H25N5O2/c1-17-19-12-13-22(31)30(16-18-8-3-2-4-9-18)24(19)28-23(27-17)21-11-7-15-29(21)25(32)20-10-5-6-14-26-20/h2-6,8-10,14,21H,7,11-13,15-16H2,1H3. The van der Waals surface area contributed by atoms with Gasteiger partial charge in [-0.1, -0.05) is 36.4 Å². The maximum absolute atomic E-state index is 13.1. The molecule has 0 spiro atoms. The summed E-state index contributed by atoms with van der Waals surface area (Å²) in [4.78, 5) is 43.5. The molecule has 1 aromatic carbocycles. The average molecular weight is 428 g/mol. The van der Waals surface area contributed by atoms with Crippen molar-refractivity contribution in [3.05, 3.63) is 83.1 Å². The molecule has 2 aliphatic rings. The lowest BCUT2D eigenvalue weighted by atomic mass is 10.0. The van der Waals surface area contributed by atoms with Crippen molar-refractivity contribution < 1.29 is 9.59 Å². The lowest BCUT2D eigenvalue weighted by molar-refractivity contribution is -0.119. The third-order valence-corrected chi connectivity index (χ3v) is 6.23. The number of hydrogen-bond acceptors (Lipinski definition) is 5. The summed E-state index contributed by atoms with van der Waals surface area (Å²) in [6.07, 6.45) is 4.41. The van der Waals surface area contributed by atoms with E-state index in [1.807, 2.05) is 48.2 Å². The van der Waals surface area contributed by atoms with Crippen molar-refractivity contribution in [2.75, 3.05) is 11.4 Å². The molecule has 0 saturated carbocycles. The lowest BCUT2D eigenvalue weighted by Crippen LogP contribution is -2.37. The summed E-state index contributed by atoms with van der Waals surface area (Å²) in [5.41, 5.74) is 3.38. The van der Waals surface area contributed by atoms with Crippen molar-refractivity contribution in [3.63, 3.8) is 0 Å². The summed E-state index contributed by atoms with van der Waals surface area (Å²) < 4.78 is 0. The Hall–Kier alpha value is -3.61. The molecule has 1 atom stereocenters. The number of aromatic nitrogens is 3. The third-order valence-electron chi connectivity index (χ3n) is 6.23. The maximum atomic E-state index is 13.1. The molecule has 2 aliphatic heterocycles. The van der Waals surface area contributed by atoms with E-state index in [0.29, 0.717) is 43.3 Å². The Morgan fingerprint density at radius 3 is 2.66 bits per heavy atom. The highest BCUT2D eigenvalue weighted by Crippen LogP contribution is 2.35. The number of hydrogen-bond donors (Lipinski definition) is 0. The van der Waals surface area contributed by atoms with E-state index in [9.17, 15) is 9.59 Å². The van der Waals surface area contributed by atoms with Crippen LogP contribution in [0, 0.1) is 6.92 Å².